The van der Waals surface area contributed by atoms with Crippen LogP contribution in [0.25, 0.3) is 11.1 Å². The molecule has 2 aromatic rings. The Morgan fingerprint density at radius 2 is 1.24 bits per heavy atom. The van der Waals surface area contributed by atoms with Gasteiger partial charge >= 0.3 is 11.7 Å². The smallest absolute Gasteiger partial charge is 0.360 e. The molecule has 8 heteroatoms. The van der Waals surface area contributed by atoms with E-state index in [1.54, 1.807) is 9.13 Å². The zero-order valence-corrected chi connectivity index (χ0v) is 21.8. The van der Waals surface area contributed by atoms with Crippen molar-refractivity contribution in [3.8, 4) is 0 Å². The van der Waals surface area contributed by atoms with Crippen molar-refractivity contribution in [2.45, 2.75) is 0 Å². The van der Waals surface area contributed by atoms with E-state index in [-0.39, 0.29) is 11.8 Å². The summed E-state index contributed by atoms with van der Waals surface area (Å²) in [5.74, 6) is 0.835. The first kappa shape index (κ1) is 24.7. The first-order valence-electron chi connectivity index (χ1n) is 12.2. The van der Waals surface area contributed by atoms with Crippen LogP contribution in [0.15, 0.2) is 119 Å². The fraction of sp³-hybridized carbons (Fsp3) is 0.133. The van der Waals surface area contributed by atoms with Crippen LogP contribution in [0.4, 0.5) is 0 Å². The highest BCUT2D eigenvalue weighted by Crippen LogP contribution is 2.19. The predicted molar refractivity (Wildman–Crippen MR) is 149 cm³/mol. The second-order valence-electron chi connectivity index (χ2n) is 9.21. The first-order valence-corrected chi connectivity index (χ1v) is 12.2. The highest BCUT2D eigenvalue weighted by atomic mass is 16.3. The number of rotatable bonds is 2. The largest absolute Gasteiger partial charge is 0.491 e. The van der Waals surface area contributed by atoms with Gasteiger partial charge in [0.2, 0.25) is 0 Å². The molecule has 1 aromatic heterocycles. The number of carbonyl (C=O) groups excluding carboxylic acids is 1. The van der Waals surface area contributed by atoms with Crippen molar-refractivity contribution in [2.75, 3.05) is 14.1 Å². The topological polar surface area (TPSA) is 77.3 Å². The average Bonchev–Trinajstić information content (AvgIpc) is 3.44. The molecule has 8 nitrogen and oxygen atoms in total. The number of hydrogen-bond donors (Lipinski definition) is 1. The molecule has 1 aliphatic heterocycles. The average molecular weight is 506 g/mol. The number of aliphatic hydroxyl groups is 1. The van der Waals surface area contributed by atoms with E-state index >= 15 is 0 Å². The molecule has 190 valence electrons. The summed E-state index contributed by atoms with van der Waals surface area (Å²) in [4.78, 5) is 24.8. The SMILES string of the molecule is CN1C=CN(C)C1=C(O)N=C1C=CC(=c2ccc(=C3C=CC(=NC(=O)c4n(C)cc[n+]4C)C=C3)cc2)C=C1. The molecule has 0 bridgehead atoms. The number of aliphatic hydroxyl groups excluding tert-OH is 1. The molecule has 0 saturated heterocycles. The number of benzene rings is 1. The number of aliphatic imine (C=N–C) groups is 2. The van der Waals surface area contributed by atoms with Gasteiger partial charge in [-0.15, -0.1) is 0 Å². The first-order chi connectivity index (χ1) is 18.3. The maximum atomic E-state index is 12.6. The molecule has 0 saturated carbocycles. The molecule has 0 radical (unpaired) electrons. The van der Waals surface area contributed by atoms with Gasteiger partial charge in [-0.1, -0.05) is 48.6 Å². The molecule has 38 heavy (non-hydrogen) atoms. The summed E-state index contributed by atoms with van der Waals surface area (Å²) in [6, 6.07) is 8.30. The third kappa shape index (κ3) is 4.97. The van der Waals surface area contributed by atoms with Crippen LogP contribution in [0.5, 0.6) is 0 Å². The third-order valence-corrected chi connectivity index (χ3v) is 6.51. The van der Waals surface area contributed by atoms with Gasteiger partial charge in [0.15, 0.2) is 5.82 Å². The van der Waals surface area contributed by atoms with Crippen LogP contribution in [0, 0.1) is 0 Å². The number of amides is 1. The molecule has 2 aliphatic carbocycles. The standard InChI is InChI=1S/C30H28N6O2/c1-33-17-18-34(2)29(33)27(37)31-25-13-9-23(10-14-25)21-5-7-22(8-6-21)24-11-15-26(16-12-24)32-28(38)30-35(3)19-20-36(30)4/h5-20H,1-4H3/p+1. The number of carbonyl (C=O) groups is 1. The monoisotopic (exact) mass is 505 g/mol. The number of imidazole rings is 1. The fourth-order valence-corrected chi connectivity index (χ4v) is 4.45. The highest BCUT2D eigenvalue weighted by Gasteiger charge is 2.21. The molecule has 0 unspecified atom stereocenters. The molecule has 0 spiro atoms. The highest BCUT2D eigenvalue weighted by molar-refractivity contribution is 6.14. The van der Waals surface area contributed by atoms with E-state index in [1.807, 2.05) is 111 Å². The van der Waals surface area contributed by atoms with Crippen LogP contribution in [0.1, 0.15) is 10.6 Å². The van der Waals surface area contributed by atoms with E-state index in [9.17, 15) is 9.90 Å². The zero-order chi connectivity index (χ0) is 26.8. The van der Waals surface area contributed by atoms with Crippen molar-refractivity contribution < 1.29 is 14.5 Å². The van der Waals surface area contributed by atoms with E-state index in [2.05, 4.69) is 34.3 Å². The van der Waals surface area contributed by atoms with Crippen molar-refractivity contribution in [3.63, 3.8) is 0 Å². The summed E-state index contributed by atoms with van der Waals surface area (Å²) in [5, 5.41) is 12.6. The minimum atomic E-state index is -0.280. The van der Waals surface area contributed by atoms with Gasteiger partial charge in [0.05, 0.1) is 25.5 Å². The molecule has 5 rings (SSSR count). The lowest BCUT2D eigenvalue weighted by atomic mass is 10.0. The second kappa shape index (κ2) is 10.2. The van der Waals surface area contributed by atoms with Crippen LogP contribution in [-0.2, 0) is 14.1 Å². The van der Waals surface area contributed by atoms with E-state index in [0.717, 1.165) is 21.6 Å². The summed E-state index contributed by atoms with van der Waals surface area (Å²) in [5.41, 5.74) is 3.39. The quantitative estimate of drug-likeness (QED) is 0.501. The molecule has 1 N–H and O–H groups in total. The van der Waals surface area contributed by atoms with Crippen molar-refractivity contribution in [1.82, 2.24) is 14.4 Å². The van der Waals surface area contributed by atoms with Crippen LogP contribution in [0.2, 0.25) is 0 Å². The van der Waals surface area contributed by atoms with E-state index < -0.39 is 0 Å². The molecule has 0 atom stereocenters. The van der Waals surface area contributed by atoms with E-state index in [4.69, 9.17) is 0 Å². The van der Waals surface area contributed by atoms with Crippen molar-refractivity contribution in [2.24, 2.45) is 24.1 Å². The maximum absolute atomic E-state index is 12.6. The van der Waals surface area contributed by atoms with Crippen molar-refractivity contribution in [1.29, 1.82) is 0 Å². The van der Waals surface area contributed by atoms with Gasteiger partial charge in [0.1, 0.15) is 12.4 Å². The van der Waals surface area contributed by atoms with Crippen molar-refractivity contribution >= 4 is 28.5 Å². The Balaban J connectivity index is 1.33. The molecule has 0 fully saturated rings. The van der Waals surface area contributed by atoms with Crippen LogP contribution in [-0.4, -0.2) is 50.9 Å². The number of aromatic nitrogens is 2. The number of nitrogens with zero attached hydrogens (tertiary/aromatic N) is 6. The van der Waals surface area contributed by atoms with Crippen LogP contribution >= 0.6 is 0 Å². The number of hydrogen-bond acceptors (Lipinski definition) is 5. The Hall–Kier alpha value is -4.98. The molecular formula is C30H29N6O2+. The lowest BCUT2D eigenvalue weighted by molar-refractivity contribution is -0.672. The maximum Gasteiger partial charge on any atom is 0.360 e. The van der Waals surface area contributed by atoms with Gasteiger partial charge in [-0.2, -0.15) is 0 Å². The van der Waals surface area contributed by atoms with Gasteiger partial charge in [0.25, 0.3) is 5.88 Å². The third-order valence-electron chi connectivity index (χ3n) is 6.51. The normalized spacial score (nSPS) is 16.3. The predicted octanol–water partition coefficient (Wildman–Crippen LogP) is 2.16. The number of allylic oxidation sites excluding steroid dienone is 8. The Labute approximate surface area is 221 Å². The Bertz CT molecular complexity index is 1600. The Morgan fingerprint density at radius 1 is 0.763 bits per heavy atom. The van der Waals surface area contributed by atoms with E-state index in [0.29, 0.717) is 23.1 Å². The van der Waals surface area contributed by atoms with Gasteiger partial charge < -0.3 is 14.9 Å². The fourth-order valence-electron chi connectivity index (χ4n) is 4.45. The van der Waals surface area contributed by atoms with Gasteiger partial charge in [-0.05, 0) is 45.9 Å². The summed E-state index contributed by atoms with van der Waals surface area (Å²) in [6.07, 6.45) is 22.8. The molecule has 1 amide bonds. The molecular weight excluding hydrogens is 476 g/mol. The van der Waals surface area contributed by atoms with Gasteiger partial charge in [-0.25, -0.2) is 19.1 Å². The lowest BCUT2D eigenvalue weighted by Gasteiger charge is -2.17. The molecule has 2 heterocycles. The zero-order valence-electron chi connectivity index (χ0n) is 21.8. The Kier molecular flexibility index (Phi) is 6.62. The van der Waals surface area contributed by atoms with Crippen LogP contribution in [0.3, 0.4) is 0 Å². The van der Waals surface area contributed by atoms with Gasteiger partial charge in [-0.3, -0.25) is 4.79 Å². The second-order valence-corrected chi connectivity index (χ2v) is 9.21. The van der Waals surface area contributed by atoms with Gasteiger partial charge in [0, 0.05) is 26.5 Å². The summed E-state index contributed by atoms with van der Waals surface area (Å²) >= 11 is 0. The number of aryl methyl sites for hydroxylation is 2. The summed E-state index contributed by atoms with van der Waals surface area (Å²) < 4.78 is 3.52. The minimum Gasteiger partial charge on any atom is -0.491 e. The molecule has 1 aromatic carbocycles. The van der Waals surface area contributed by atoms with E-state index in [1.165, 1.54) is 0 Å². The Morgan fingerprint density at radius 3 is 1.68 bits per heavy atom. The summed E-state index contributed by atoms with van der Waals surface area (Å²) in [6.45, 7) is 0. The molecule has 3 aliphatic rings. The van der Waals surface area contributed by atoms with Crippen LogP contribution < -0.4 is 15.0 Å². The lowest BCUT2D eigenvalue weighted by Crippen LogP contribution is -2.34. The van der Waals surface area contributed by atoms with Crippen molar-refractivity contribution in [3.05, 3.63) is 126 Å². The minimum absolute atomic E-state index is 0.0331. The summed E-state index contributed by atoms with van der Waals surface area (Å²) in [7, 11) is 7.39.